The first-order chi connectivity index (χ1) is 7.29. The largest absolute Gasteiger partial charge is 0.256 e. The summed E-state index contributed by atoms with van der Waals surface area (Å²) in [7, 11) is 0. The van der Waals surface area contributed by atoms with Crippen LogP contribution in [0, 0.1) is 6.92 Å². The first kappa shape index (κ1) is 11.7. The number of benzene rings is 1. The number of unbranched alkanes of at least 4 members (excludes halogenated alkanes) is 1. The lowest BCUT2D eigenvalue weighted by Crippen LogP contribution is -1.80. The average Bonchev–Trinajstić information content (AvgIpc) is 2.30. The molecular weight excluding hydrogens is 182 g/mol. The van der Waals surface area contributed by atoms with E-state index < -0.39 is 0 Å². The quantitative estimate of drug-likeness (QED) is 0.668. The van der Waals surface area contributed by atoms with E-state index in [1.807, 2.05) is 12.3 Å². The summed E-state index contributed by atoms with van der Waals surface area (Å²) in [5.41, 5.74) is 2.35. The number of hydrogen-bond acceptors (Lipinski definition) is 1. The van der Waals surface area contributed by atoms with Crippen LogP contribution < -0.4 is 0 Å². The van der Waals surface area contributed by atoms with E-state index in [9.17, 15) is 0 Å². The van der Waals surface area contributed by atoms with Crippen LogP contribution >= 0.6 is 0 Å². The minimum absolute atomic E-state index is 1.11. The van der Waals surface area contributed by atoms with Crippen molar-refractivity contribution in [1.82, 2.24) is 4.98 Å². The average molecular weight is 201 g/mol. The Morgan fingerprint density at radius 1 is 1.00 bits per heavy atom. The van der Waals surface area contributed by atoms with Gasteiger partial charge in [0.2, 0.25) is 0 Å². The van der Waals surface area contributed by atoms with Crippen molar-refractivity contribution in [2.75, 3.05) is 0 Å². The number of pyridine rings is 1. The van der Waals surface area contributed by atoms with Crippen molar-refractivity contribution < 1.29 is 0 Å². The summed E-state index contributed by atoms with van der Waals surface area (Å²) < 4.78 is 0. The number of hydrogen-bond donors (Lipinski definition) is 0. The Bertz CT molecular complexity index is 400. The molecule has 1 heterocycles. The molecule has 1 aromatic heterocycles. The molecule has 0 spiro atoms. The molecule has 1 aromatic carbocycles. The Kier molecular flexibility index (Phi) is 4.82. The molecule has 0 atom stereocenters. The smallest absolute Gasteiger partial charge is 0.0731 e. The fourth-order valence-corrected chi connectivity index (χ4v) is 1.26. The minimum Gasteiger partial charge on any atom is -0.256 e. The molecule has 0 aliphatic rings. The molecule has 0 unspecified atom stereocenters. The van der Waals surface area contributed by atoms with Crippen molar-refractivity contribution in [2.24, 2.45) is 0 Å². The van der Waals surface area contributed by atoms with Gasteiger partial charge < -0.3 is 0 Å². The van der Waals surface area contributed by atoms with Crippen LogP contribution in [0.4, 0.5) is 0 Å². The Morgan fingerprint density at radius 3 is 2.27 bits per heavy atom. The van der Waals surface area contributed by atoms with E-state index in [1.54, 1.807) is 0 Å². The molecule has 80 valence electrons. The van der Waals surface area contributed by atoms with Crippen LogP contribution in [-0.2, 0) is 0 Å². The molecule has 0 aliphatic carbocycles. The third kappa shape index (κ3) is 3.35. The van der Waals surface area contributed by atoms with E-state index >= 15 is 0 Å². The van der Waals surface area contributed by atoms with Gasteiger partial charge in [0.05, 0.1) is 5.52 Å². The second kappa shape index (κ2) is 6.18. The van der Waals surface area contributed by atoms with Gasteiger partial charge in [0.25, 0.3) is 0 Å². The molecule has 0 bridgehead atoms. The van der Waals surface area contributed by atoms with Gasteiger partial charge in [-0.1, -0.05) is 51.0 Å². The monoisotopic (exact) mass is 201 g/mol. The van der Waals surface area contributed by atoms with Crippen molar-refractivity contribution in [2.45, 2.75) is 33.6 Å². The maximum Gasteiger partial charge on any atom is 0.0731 e. The molecule has 1 nitrogen and oxygen atoms in total. The Balaban J connectivity index is 0.000000245. The molecule has 0 N–H and O–H groups in total. The molecule has 15 heavy (non-hydrogen) atoms. The molecule has 0 aliphatic heterocycles. The molecule has 2 aromatic rings. The standard InChI is InChI=1S/C10H9N.C4H10/c1-8-4-2-5-9-6-3-7-11-10(8)9;1-3-4-2/h2-7H,1H3;3-4H2,1-2H3. The molecule has 0 saturated heterocycles. The van der Waals surface area contributed by atoms with Crippen molar-refractivity contribution in [1.29, 1.82) is 0 Å². The molecule has 0 amide bonds. The van der Waals surface area contributed by atoms with Gasteiger partial charge in [-0.3, -0.25) is 4.98 Å². The number of rotatable bonds is 1. The van der Waals surface area contributed by atoms with Crippen LogP contribution in [-0.4, -0.2) is 4.98 Å². The van der Waals surface area contributed by atoms with Gasteiger partial charge >= 0.3 is 0 Å². The normalized spacial score (nSPS) is 9.53. The maximum atomic E-state index is 4.28. The number of nitrogens with zero attached hydrogens (tertiary/aromatic N) is 1. The van der Waals surface area contributed by atoms with Crippen molar-refractivity contribution in [3.8, 4) is 0 Å². The number of aryl methyl sites for hydroxylation is 1. The summed E-state index contributed by atoms with van der Waals surface area (Å²) in [6, 6.07) is 10.3. The van der Waals surface area contributed by atoms with Crippen molar-refractivity contribution >= 4 is 10.9 Å². The van der Waals surface area contributed by atoms with Crippen LogP contribution in [0.3, 0.4) is 0 Å². The third-order valence-corrected chi connectivity index (χ3v) is 2.33. The lowest BCUT2D eigenvalue weighted by atomic mass is 10.1. The molecule has 1 heteroatoms. The van der Waals surface area contributed by atoms with Crippen molar-refractivity contribution in [3.63, 3.8) is 0 Å². The second-order valence-electron chi connectivity index (χ2n) is 3.65. The summed E-state index contributed by atoms with van der Waals surface area (Å²) in [6.45, 7) is 6.44. The number of aromatic nitrogens is 1. The summed E-state index contributed by atoms with van der Waals surface area (Å²) in [5.74, 6) is 0. The molecule has 0 fully saturated rings. The predicted octanol–water partition coefficient (Wildman–Crippen LogP) is 4.35. The summed E-state index contributed by atoms with van der Waals surface area (Å²) >= 11 is 0. The Morgan fingerprint density at radius 2 is 1.67 bits per heavy atom. The first-order valence-electron chi connectivity index (χ1n) is 5.60. The highest BCUT2D eigenvalue weighted by Gasteiger charge is 1.93. The molecular formula is C14H19N. The lowest BCUT2D eigenvalue weighted by molar-refractivity contribution is 0.886. The van der Waals surface area contributed by atoms with Crippen LogP contribution in [0.5, 0.6) is 0 Å². The van der Waals surface area contributed by atoms with Gasteiger partial charge in [-0.2, -0.15) is 0 Å². The summed E-state index contributed by atoms with van der Waals surface area (Å²) in [6.07, 6.45) is 4.47. The lowest BCUT2D eigenvalue weighted by Gasteiger charge is -1.97. The van der Waals surface area contributed by atoms with Gasteiger partial charge in [0.15, 0.2) is 0 Å². The van der Waals surface area contributed by atoms with Crippen molar-refractivity contribution in [3.05, 3.63) is 42.1 Å². The highest BCUT2D eigenvalue weighted by molar-refractivity contribution is 5.81. The second-order valence-corrected chi connectivity index (χ2v) is 3.65. The van der Waals surface area contributed by atoms with Crippen LogP contribution in [0.1, 0.15) is 32.3 Å². The number of para-hydroxylation sites is 1. The highest BCUT2D eigenvalue weighted by atomic mass is 14.6. The van der Waals surface area contributed by atoms with Gasteiger partial charge in [0, 0.05) is 11.6 Å². The topological polar surface area (TPSA) is 12.9 Å². The highest BCUT2D eigenvalue weighted by Crippen LogP contribution is 2.13. The Hall–Kier alpha value is -1.37. The zero-order valence-corrected chi connectivity index (χ0v) is 9.83. The third-order valence-electron chi connectivity index (χ3n) is 2.33. The van der Waals surface area contributed by atoms with Crippen LogP contribution in [0.25, 0.3) is 10.9 Å². The first-order valence-corrected chi connectivity index (χ1v) is 5.60. The van der Waals surface area contributed by atoms with Gasteiger partial charge in [-0.25, -0.2) is 0 Å². The zero-order chi connectivity index (χ0) is 11.1. The zero-order valence-electron chi connectivity index (χ0n) is 9.83. The summed E-state index contributed by atoms with van der Waals surface area (Å²) in [5, 5.41) is 1.22. The van der Waals surface area contributed by atoms with E-state index in [0.29, 0.717) is 0 Å². The van der Waals surface area contributed by atoms with Gasteiger partial charge in [-0.05, 0) is 18.6 Å². The fraction of sp³-hybridized carbons (Fsp3) is 0.357. The molecule has 0 radical (unpaired) electrons. The van der Waals surface area contributed by atoms with Gasteiger partial charge in [0.1, 0.15) is 0 Å². The fourth-order valence-electron chi connectivity index (χ4n) is 1.26. The van der Waals surface area contributed by atoms with Gasteiger partial charge in [-0.15, -0.1) is 0 Å². The van der Waals surface area contributed by atoms with E-state index in [-0.39, 0.29) is 0 Å². The predicted molar refractivity (Wildman–Crippen MR) is 67.1 cm³/mol. The SMILES string of the molecule is CCCC.Cc1cccc2cccnc12. The van der Waals surface area contributed by atoms with E-state index in [2.05, 4.69) is 50.0 Å². The van der Waals surface area contributed by atoms with E-state index in [1.165, 1.54) is 23.8 Å². The van der Waals surface area contributed by atoms with Crippen LogP contribution in [0.15, 0.2) is 36.5 Å². The maximum absolute atomic E-state index is 4.28. The Labute approximate surface area is 92.2 Å². The summed E-state index contributed by atoms with van der Waals surface area (Å²) in [4.78, 5) is 4.28. The number of fused-ring (bicyclic) bond motifs is 1. The minimum atomic E-state index is 1.11. The van der Waals surface area contributed by atoms with E-state index in [0.717, 1.165) is 5.52 Å². The molecule has 2 rings (SSSR count). The van der Waals surface area contributed by atoms with Crippen LogP contribution in [0.2, 0.25) is 0 Å². The molecule has 0 saturated carbocycles. The van der Waals surface area contributed by atoms with E-state index in [4.69, 9.17) is 0 Å².